The Morgan fingerprint density at radius 2 is 2.16 bits per heavy atom. The number of nitrogens with one attached hydrogen (secondary N) is 2. The van der Waals surface area contributed by atoms with Gasteiger partial charge in [0.1, 0.15) is 17.5 Å². The molecule has 1 aromatic rings. The zero-order chi connectivity index (χ0) is 13.8. The standard InChI is InChI=1S/C14H20N2O3/c1-9(2)19-12-6-4-5-10-13(12)16-14(17)11(15-10)7-8-18-3/h4-6,9,11,15H,7-8H2,1-3H3,(H,16,17). The Labute approximate surface area is 113 Å². The van der Waals surface area contributed by atoms with Crippen molar-refractivity contribution >= 4 is 17.3 Å². The molecule has 1 unspecified atom stereocenters. The van der Waals surface area contributed by atoms with Crippen molar-refractivity contribution in [1.29, 1.82) is 0 Å². The van der Waals surface area contributed by atoms with Gasteiger partial charge in [0.15, 0.2) is 0 Å². The lowest BCUT2D eigenvalue weighted by Crippen LogP contribution is -2.39. The molecule has 0 spiro atoms. The van der Waals surface area contributed by atoms with Crippen LogP contribution in [0.1, 0.15) is 20.3 Å². The van der Waals surface area contributed by atoms with Gasteiger partial charge >= 0.3 is 0 Å². The van der Waals surface area contributed by atoms with Gasteiger partial charge in [0.25, 0.3) is 0 Å². The molecular weight excluding hydrogens is 244 g/mol. The molecule has 104 valence electrons. The number of benzene rings is 1. The molecule has 0 fully saturated rings. The molecule has 1 atom stereocenters. The molecule has 2 rings (SSSR count). The summed E-state index contributed by atoms with van der Waals surface area (Å²) >= 11 is 0. The Morgan fingerprint density at radius 1 is 1.37 bits per heavy atom. The Kier molecular flexibility index (Phi) is 4.27. The molecule has 19 heavy (non-hydrogen) atoms. The van der Waals surface area contributed by atoms with Gasteiger partial charge in [-0.1, -0.05) is 6.07 Å². The molecule has 0 bridgehead atoms. The zero-order valence-electron chi connectivity index (χ0n) is 11.5. The number of methoxy groups -OCH3 is 1. The van der Waals surface area contributed by atoms with E-state index in [1.807, 2.05) is 32.0 Å². The molecule has 0 aromatic heterocycles. The lowest BCUT2D eigenvalue weighted by molar-refractivity contribution is -0.117. The quantitative estimate of drug-likeness (QED) is 0.856. The van der Waals surface area contributed by atoms with Gasteiger partial charge in [-0.25, -0.2) is 0 Å². The Bertz CT molecular complexity index is 460. The highest BCUT2D eigenvalue weighted by molar-refractivity contribution is 6.04. The fourth-order valence-corrected chi connectivity index (χ4v) is 2.04. The summed E-state index contributed by atoms with van der Waals surface area (Å²) in [5.41, 5.74) is 1.61. The highest BCUT2D eigenvalue weighted by Crippen LogP contribution is 2.36. The van der Waals surface area contributed by atoms with E-state index in [4.69, 9.17) is 9.47 Å². The number of amides is 1. The third-order valence-electron chi connectivity index (χ3n) is 2.89. The zero-order valence-corrected chi connectivity index (χ0v) is 11.5. The van der Waals surface area contributed by atoms with Gasteiger partial charge in [0, 0.05) is 13.7 Å². The maximum absolute atomic E-state index is 12.0. The maximum Gasteiger partial charge on any atom is 0.247 e. The van der Waals surface area contributed by atoms with Crippen LogP contribution in [0.4, 0.5) is 11.4 Å². The molecule has 0 radical (unpaired) electrons. The van der Waals surface area contributed by atoms with E-state index in [1.54, 1.807) is 7.11 Å². The first-order valence-corrected chi connectivity index (χ1v) is 6.48. The number of para-hydroxylation sites is 1. The number of hydrogen-bond acceptors (Lipinski definition) is 4. The first-order valence-electron chi connectivity index (χ1n) is 6.48. The van der Waals surface area contributed by atoms with Gasteiger partial charge in [-0.3, -0.25) is 4.79 Å². The average molecular weight is 264 g/mol. The summed E-state index contributed by atoms with van der Waals surface area (Å²) in [4.78, 5) is 12.0. The number of fused-ring (bicyclic) bond motifs is 1. The minimum absolute atomic E-state index is 0.0515. The molecule has 1 aromatic carbocycles. The normalized spacial score (nSPS) is 17.7. The van der Waals surface area contributed by atoms with Crippen LogP contribution in [-0.4, -0.2) is 31.8 Å². The number of carbonyl (C=O) groups is 1. The van der Waals surface area contributed by atoms with E-state index in [-0.39, 0.29) is 18.1 Å². The minimum Gasteiger partial charge on any atom is -0.489 e. The first-order chi connectivity index (χ1) is 9.11. The highest BCUT2D eigenvalue weighted by atomic mass is 16.5. The van der Waals surface area contributed by atoms with E-state index >= 15 is 0 Å². The van der Waals surface area contributed by atoms with Gasteiger partial charge in [-0.15, -0.1) is 0 Å². The monoisotopic (exact) mass is 264 g/mol. The van der Waals surface area contributed by atoms with E-state index in [0.717, 1.165) is 11.4 Å². The predicted octanol–water partition coefficient (Wildman–Crippen LogP) is 2.24. The average Bonchev–Trinajstić information content (AvgIpc) is 2.36. The summed E-state index contributed by atoms with van der Waals surface area (Å²) in [7, 11) is 1.63. The van der Waals surface area contributed by atoms with Crippen LogP contribution in [0.5, 0.6) is 5.75 Å². The molecular formula is C14H20N2O3. The summed E-state index contributed by atoms with van der Waals surface area (Å²) in [5, 5.41) is 6.13. The fraction of sp³-hybridized carbons (Fsp3) is 0.500. The largest absolute Gasteiger partial charge is 0.489 e. The first kappa shape index (κ1) is 13.7. The molecule has 0 saturated heterocycles. The van der Waals surface area contributed by atoms with Gasteiger partial charge in [-0.05, 0) is 32.4 Å². The topological polar surface area (TPSA) is 59.6 Å². The Balaban J connectivity index is 2.19. The number of anilines is 2. The van der Waals surface area contributed by atoms with Crippen molar-refractivity contribution in [2.24, 2.45) is 0 Å². The van der Waals surface area contributed by atoms with Crippen molar-refractivity contribution in [3.63, 3.8) is 0 Å². The van der Waals surface area contributed by atoms with E-state index in [0.29, 0.717) is 18.8 Å². The van der Waals surface area contributed by atoms with E-state index < -0.39 is 0 Å². The third-order valence-corrected chi connectivity index (χ3v) is 2.89. The van der Waals surface area contributed by atoms with Crippen molar-refractivity contribution in [3.8, 4) is 5.75 Å². The fourth-order valence-electron chi connectivity index (χ4n) is 2.04. The molecule has 1 aliphatic rings. The van der Waals surface area contributed by atoms with Crippen LogP contribution in [-0.2, 0) is 9.53 Å². The summed E-state index contributed by atoms with van der Waals surface area (Å²) < 4.78 is 10.7. The number of hydrogen-bond donors (Lipinski definition) is 2. The van der Waals surface area contributed by atoms with E-state index in [1.165, 1.54) is 0 Å². The number of ether oxygens (including phenoxy) is 2. The third kappa shape index (κ3) is 3.17. The van der Waals surface area contributed by atoms with Crippen LogP contribution in [0.2, 0.25) is 0 Å². The van der Waals surface area contributed by atoms with Crippen molar-refractivity contribution in [3.05, 3.63) is 18.2 Å². The SMILES string of the molecule is COCCC1Nc2cccc(OC(C)C)c2NC1=O. The Morgan fingerprint density at radius 3 is 2.84 bits per heavy atom. The summed E-state index contributed by atoms with van der Waals surface area (Å²) in [6.45, 7) is 4.46. The van der Waals surface area contributed by atoms with Crippen LogP contribution < -0.4 is 15.4 Å². The van der Waals surface area contributed by atoms with Crippen molar-refractivity contribution < 1.29 is 14.3 Å². The van der Waals surface area contributed by atoms with Crippen LogP contribution >= 0.6 is 0 Å². The molecule has 5 nitrogen and oxygen atoms in total. The molecule has 2 N–H and O–H groups in total. The molecule has 0 aliphatic carbocycles. The second-order valence-corrected chi connectivity index (χ2v) is 4.81. The molecule has 0 saturated carbocycles. The molecule has 1 aliphatic heterocycles. The summed E-state index contributed by atoms with van der Waals surface area (Å²) in [6.07, 6.45) is 0.700. The van der Waals surface area contributed by atoms with Crippen molar-refractivity contribution in [1.82, 2.24) is 0 Å². The summed E-state index contributed by atoms with van der Waals surface area (Å²) in [5.74, 6) is 0.642. The second kappa shape index (κ2) is 5.93. The van der Waals surface area contributed by atoms with Crippen LogP contribution in [0, 0.1) is 0 Å². The Hall–Kier alpha value is -1.75. The second-order valence-electron chi connectivity index (χ2n) is 4.81. The maximum atomic E-state index is 12.0. The van der Waals surface area contributed by atoms with Gasteiger partial charge in [-0.2, -0.15) is 0 Å². The van der Waals surface area contributed by atoms with Gasteiger partial charge in [0.2, 0.25) is 5.91 Å². The minimum atomic E-state index is -0.262. The van der Waals surface area contributed by atoms with Crippen LogP contribution in [0.25, 0.3) is 0 Å². The lowest BCUT2D eigenvalue weighted by Gasteiger charge is -2.28. The lowest BCUT2D eigenvalue weighted by atomic mass is 10.1. The van der Waals surface area contributed by atoms with Crippen LogP contribution in [0.3, 0.4) is 0 Å². The predicted molar refractivity (Wildman–Crippen MR) is 74.7 cm³/mol. The molecule has 1 heterocycles. The van der Waals surface area contributed by atoms with Gasteiger partial charge < -0.3 is 20.1 Å². The van der Waals surface area contributed by atoms with Crippen molar-refractivity contribution in [2.75, 3.05) is 24.4 Å². The van der Waals surface area contributed by atoms with E-state index in [9.17, 15) is 4.79 Å². The number of rotatable bonds is 5. The van der Waals surface area contributed by atoms with E-state index in [2.05, 4.69) is 10.6 Å². The molecule has 5 heteroatoms. The molecule has 1 amide bonds. The highest BCUT2D eigenvalue weighted by Gasteiger charge is 2.27. The summed E-state index contributed by atoms with van der Waals surface area (Å²) in [6, 6.07) is 5.44. The van der Waals surface area contributed by atoms with Gasteiger partial charge in [0.05, 0.1) is 11.8 Å². The van der Waals surface area contributed by atoms with Crippen molar-refractivity contribution in [2.45, 2.75) is 32.4 Å². The number of carbonyl (C=O) groups excluding carboxylic acids is 1. The van der Waals surface area contributed by atoms with Crippen LogP contribution in [0.15, 0.2) is 18.2 Å². The smallest absolute Gasteiger partial charge is 0.247 e.